The number of nitrogens with one attached hydrogen (secondary N) is 1. The molecule has 0 saturated carbocycles. The Bertz CT molecular complexity index is 797. The molecule has 4 rings (SSSR count). The summed E-state index contributed by atoms with van der Waals surface area (Å²) in [6.07, 6.45) is 4.69. The fraction of sp³-hybridized carbons (Fsp3) is 0.591. The molecule has 0 radical (unpaired) electrons. The first kappa shape index (κ1) is 19.3. The summed E-state index contributed by atoms with van der Waals surface area (Å²) in [6.45, 7) is 9.12. The summed E-state index contributed by atoms with van der Waals surface area (Å²) < 4.78 is 11.2. The van der Waals surface area contributed by atoms with Crippen LogP contribution in [0.3, 0.4) is 0 Å². The minimum absolute atomic E-state index is 0.221. The third kappa shape index (κ3) is 4.33. The average molecular weight is 386 g/mol. The highest BCUT2D eigenvalue weighted by atomic mass is 16.5. The summed E-state index contributed by atoms with van der Waals surface area (Å²) in [5.74, 6) is 1.64. The molecule has 1 unspecified atom stereocenters. The second kappa shape index (κ2) is 8.97. The van der Waals surface area contributed by atoms with Gasteiger partial charge in [-0.1, -0.05) is 6.07 Å². The highest BCUT2D eigenvalue weighted by Crippen LogP contribution is 2.30. The summed E-state index contributed by atoms with van der Waals surface area (Å²) in [6, 6.07) is 5.99. The zero-order chi connectivity index (χ0) is 19.3. The van der Waals surface area contributed by atoms with Crippen molar-refractivity contribution < 1.29 is 14.3 Å². The molecule has 2 aromatic rings. The first-order valence-electron chi connectivity index (χ1n) is 10.5. The fourth-order valence-electron chi connectivity index (χ4n) is 4.50. The molecule has 152 valence electrons. The van der Waals surface area contributed by atoms with E-state index in [0.717, 1.165) is 74.6 Å². The van der Waals surface area contributed by atoms with E-state index in [-0.39, 0.29) is 5.91 Å². The number of likely N-dealkylation sites (tertiary alicyclic amines) is 1. The van der Waals surface area contributed by atoms with Gasteiger partial charge in [-0.3, -0.25) is 9.69 Å². The van der Waals surface area contributed by atoms with Crippen molar-refractivity contribution in [2.75, 3.05) is 52.5 Å². The number of hydrogen-bond donors (Lipinski definition) is 1. The maximum Gasteiger partial charge on any atom is 0.227 e. The van der Waals surface area contributed by atoms with Crippen molar-refractivity contribution in [2.45, 2.75) is 26.2 Å². The van der Waals surface area contributed by atoms with Gasteiger partial charge < -0.3 is 19.4 Å². The Balaban J connectivity index is 1.41. The molecule has 2 fully saturated rings. The number of H-pyrrole nitrogens is 1. The topological polar surface area (TPSA) is 57.8 Å². The van der Waals surface area contributed by atoms with Gasteiger partial charge in [0.05, 0.1) is 26.2 Å². The molecule has 6 heteroatoms. The molecule has 1 aromatic carbocycles. The monoisotopic (exact) mass is 385 g/mol. The summed E-state index contributed by atoms with van der Waals surface area (Å²) in [4.78, 5) is 20.9. The van der Waals surface area contributed by atoms with Crippen LogP contribution in [-0.2, 0) is 16.0 Å². The van der Waals surface area contributed by atoms with Crippen LogP contribution in [-0.4, -0.2) is 73.2 Å². The Morgan fingerprint density at radius 3 is 2.96 bits per heavy atom. The van der Waals surface area contributed by atoms with Crippen LogP contribution in [0.15, 0.2) is 24.4 Å². The number of nitrogens with zero attached hydrogens (tertiary/aromatic N) is 2. The predicted molar refractivity (Wildman–Crippen MR) is 110 cm³/mol. The first-order chi connectivity index (χ1) is 13.7. The van der Waals surface area contributed by atoms with Crippen molar-refractivity contribution in [2.24, 2.45) is 5.92 Å². The SMILES string of the molecule is CCOc1cccc2[nH]cc(CC(=O)N3CCCC(CN4CCOCC4)C3)c12. The van der Waals surface area contributed by atoms with E-state index < -0.39 is 0 Å². The van der Waals surface area contributed by atoms with Crippen LogP contribution in [0.5, 0.6) is 5.75 Å². The summed E-state index contributed by atoms with van der Waals surface area (Å²) >= 11 is 0. The summed E-state index contributed by atoms with van der Waals surface area (Å²) in [5, 5.41) is 1.04. The number of piperidine rings is 1. The second-order valence-electron chi connectivity index (χ2n) is 7.86. The van der Waals surface area contributed by atoms with Gasteiger partial charge in [0.1, 0.15) is 5.75 Å². The van der Waals surface area contributed by atoms with E-state index >= 15 is 0 Å². The van der Waals surface area contributed by atoms with Gasteiger partial charge in [-0.25, -0.2) is 0 Å². The number of amides is 1. The van der Waals surface area contributed by atoms with Crippen molar-refractivity contribution in [3.8, 4) is 5.75 Å². The number of rotatable bonds is 6. The van der Waals surface area contributed by atoms with Gasteiger partial charge in [-0.05, 0) is 43.4 Å². The van der Waals surface area contributed by atoms with Crippen LogP contribution >= 0.6 is 0 Å². The first-order valence-corrected chi connectivity index (χ1v) is 10.5. The number of benzene rings is 1. The van der Waals surface area contributed by atoms with Crippen LogP contribution in [0.4, 0.5) is 0 Å². The molecule has 1 N–H and O–H groups in total. The maximum absolute atomic E-state index is 13.1. The van der Waals surface area contributed by atoms with E-state index in [1.807, 2.05) is 31.3 Å². The van der Waals surface area contributed by atoms with Crippen LogP contribution in [0.2, 0.25) is 0 Å². The lowest BCUT2D eigenvalue weighted by Gasteiger charge is -2.36. The summed E-state index contributed by atoms with van der Waals surface area (Å²) in [5.41, 5.74) is 2.05. The number of carbonyl (C=O) groups is 1. The molecule has 0 spiro atoms. The third-order valence-electron chi connectivity index (χ3n) is 5.88. The average Bonchev–Trinajstić information content (AvgIpc) is 3.13. The molecule has 1 amide bonds. The van der Waals surface area contributed by atoms with Crippen molar-refractivity contribution in [3.63, 3.8) is 0 Å². The normalized spacial score (nSPS) is 21.2. The highest BCUT2D eigenvalue weighted by molar-refractivity contribution is 5.93. The van der Waals surface area contributed by atoms with E-state index in [2.05, 4.69) is 14.8 Å². The molecule has 0 bridgehead atoms. The Morgan fingerprint density at radius 2 is 2.14 bits per heavy atom. The Kier molecular flexibility index (Phi) is 6.17. The van der Waals surface area contributed by atoms with Gasteiger partial charge in [0, 0.05) is 49.8 Å². The molecule has 2 saturated heterocycles. The highest BCUT2D eigenvalue weighted by Gasteiger charge is 2.26. The van der Waals surface area contributed by atoms with Gasteiger partial charge in [0.15, 0.2) is 0 Å². The Morgan fingerprint density at radius 1 is 1.29 bits per heavy atom. The molecular weight excluding hydrogens is 354 g/mol. The zero-order valence-corrected chi connectivity index (χ0v) is 16.8. The number of carbonyl (C=O) groups excluding carboxylic acids is 1. The molecule has 1 atom stereocenters. The van der Waals surface area contributed by atoms with Crippen LogP contribution in [0.25, 0.3) is 10.9 Å². The van der Waals surface area contributed by atoms with E-state index in [9.17, 15) is 4.79 Å². The molecule has 3 heterocycles. The number of fused-ring (bicyclic) bond motifs is 1. The van der Waals surface area contributed by atoms with Gasteiger partial charge in [0.25, 0.3) is 0 Å². The lowest BCUT2D eigenvalue weighted by molar-refractivity contribution is -0.132. The Labute approximate surface area is 166 Å². The number of hydrogen-bond acceptors (Lipinski definition) is 4. The van der Waals surface area contributed by atoms with Gasteiger partial charge in [0.2, 0.25) is 5.91 Å². The number of aromatic amines is 1. The largest absolute Gasteiger partial charge is 0.493 e. The van der Waals surface area contributed by atoms with E-state index in [4.69, 9.17) is 9.47 Å². The van der Waals surface area contributed by atoms with Crippen LogP contribution in [0, 0.1) is 5.92 Å². The smallest absolute Gasteiger partial charge is 0.227 e. The van der Waals surface area contributed by atoms with Crippen molar-refractivity contribution in [3.05, 3.63) is 30.0 Å². The van der Waals surface area contributed by atoms with Crippen molar-refractivity contribution >= 4 is 16.8 Å². The fourth-order valence-corrected chi connectivity index (χ4v) is 4.50. The standard InChI is InChI=1S/C22H31N3O3/c1-2-28-20-7-3-6-19-22(20)18(14-23-19)13-21(26)25-8-4-5-17(16-25)15-24-9-11-27-12-10-24/h3,6-7,14,17,23H,2,4-5,8-13,15-16H2,1H3. The maximum atomic E-state index is 13.1. The molecule has 2 aliphatic heterocycles. The molecular formula is C22H31N3O3. The van der Waals surface area contributed by atoms with Crippen LogP contribution in [0.1, 0.15) is 25.3 Å². The molecule has 6 nitrogen and oxygen atoms in total. The molecule has 28 heavy (non-hydrogen) atoms. The summed E-state index contributed by atoms with van der Waals surface area (Å²) in [7, 11) is 0. The number of morpholine rings is 1. The van der Waals surface area contributed by atoms with Gasteiger partial charge >= 0.3 is 0 Å². The molecule has 1 aromatic heterocycles. The van der Waals surface area contributed by atoms with Crippen molar-refractivity contribution in [1.82, 2.24) is 14.8 Å². The minimum Gasteiger partial charge on any atom is -0.493 e. The third-order valence-corrected chi connectivity index (χ3v) is 5.88. The zero-order valence-electron chi connectivity index (χ0n) is 16.8. The van der Waals surface area contributed by atoms with Crippen LogP contribution < -0.4 is 4.74 Å². The lowest BCUT2D eigenvalue weighted by Crippen LogP contribution is -2.46. The van der Waals surface area contributed by atoms with E-state index in [1.54, 1.807) is 0 Å². The second-order valence-corrected chi connectivity index (χ2v) is 7.86. The number of aromatic nitrogens is 1. The van der Waals surface area contributed by atoms with Gasteiger partial charge in [-0.15, -0.1) is 0 Å². The van der Waals surface area contributed by atoms with Gasteiger partial charge in [-0.2, -0.15) is 0 Å². The quantitative estimate of drug-likeness (QED) is 0.831. The van der Waals surface area contributed by atoms with Crippen molar-refractivity contribution in [1.29, 1.82) is 0 Å². The lowest BCUT2D eigenvalue weighted by atomic mass is 9.96. The van der Waals surface area contributed by atoms with E-state index in [1.165, 1.54) is 6.42 Å². The minimum atomic E-state index is 0.221. The molecule has 0 aliphatic carbocycles. The predicted octanol–water partition coefficient (Wildman–Crippen LogP) is 2.68. The Hall–Kier alpha value is -2.05. The number of ether oxygens (including phenoxy) is 2. The van der Waals surface area contributed by atoms with E-state index in [0.29, 0.717) is 18.9 Å². The molecule has 2 aliphatic rings.